The zero-order valence-electron chi connectivity index (χ0n) is 12.8. The van der Waals surface area contributed by atoms with Crippen LogP contribution < -0.4 is 10.1 Å². The number of ether oxygens (including phenoxy) is 1. The minimum atomic E-state index is 0.394. The molecule has 1 N–H and O–H groups in total. The van der Waals surface area contributed by atoms with Gasteiger partial charge in [0.25, 0.3) is 0 Å². The molecule has 1 aliphatic carbocycles. The summed E-state index contributed by atoms with van der Waals surface area (Å²) >= 11 is 0. The van der Waals surface area contributed by atoms with Crippen molar-refractivity contribution < 1.29 is 4.74 Å². The molecule has 0 amide bonds. The number of methoxy groups -OCH3 is 1. The fourth-order valence-corrected chi connectivity index (χ4v) is 3.20. The van der Waals surface area contributed by atoms with Crippen LogP contribution in [0.4, 0.5) is 0 Å². The number of nitrogens with one attached hydrogen (secondary N) is 1. The van der Waals surface area contributed by atoms with Crippen LogP contribution in [0.15, 0.2) is 48.5 Å². The first kappa shape index (κ1) is 14.2. The second kappa shape index (κ2) is 6.31. The summed E-state index contributed by atoms with van der Waals surface area (Å²) in [6.07, 6.45) is 2.32. The maximum Gasteiger partial charge on any atom is 0.118 e. The van der Waals surface area contributed by atoms with Gasteiger partial charge in [-0.3, -0.25) is 0 Å². The molecule has 2 unspecified atom stereocenters. The summed E-state index contributed by atoms with van der Waals surface area (Å²) in [5.41, 5.74) is 4.35. The van der Waals surface area contributed by atoms with E-state index in [1.165, 1.54) is 23.1 Å². The summed E-state index contributed by atoms with van der Waals surface area (Å²) in [4.78, 5) is 0. The highest BCUT2D eigenvalue weighted by Gasteiger charge is 2.33. The molecule has 2 nitrogen and oxygen atoms in total. The van der Waals surface area contributed by atoms with Gasteiger partial charge in [0.15, 0.2) is 0 Å². The SMILES string of the molecule is CCCNC(c1ccc(OC)cc1)C1Cc2ccccc21. The lowest BCUT2D eigenvalue weighted by Crippen LogP contribution is -2.33. The van der Waals surface area contributed by atoms with Gasteiger partial charge >= 0.3 is 0 Å². The molecule has 0 aliphatic heterocycles. The lowest BCUT2D eigenvalue weighted by Gasteiger charge is -2.37. The van der Waals surface area contributed by atoms with Gasteiger partial charge in [-0.2, -0.15) is 0 Å². The summed E-state index contributed by atoms with van der Waals surface area (Å²) in [7, 11) is 1.71. The van der Waals surface area contributed by atoms with Gasteiger partial charge in [-0.15, -0.1) is 0 Å². The molecular formula is C19H23NO. The largest absolute Gasteiger partial charge is 0.497 e. The highest BCUT2D eigenvalue weighted by molar-refractivity contribution is 5.43. The van der Waals surface area contributed by atoms with E-state index >= 15 is 0 Å². The molecule has 0 bridgehead atoms. The quantitative estimate of drug-likeness (QED) is 0.861. The van der Waals surface area contributed by atoms with Crippen molar-refractivity contribution in [3.8, 4) is 5.75 Å². The predicted molar refractivity (Wildman–Crippen MR) is 86.9 cm³/mol. The smallest absolute Gasteiger partial charge is 0.118 e. The van der Waals surface area contributed by atoms with E-state index in [0.29, 0.717) is 12.0 Å². The predicted octanol–water partition coefficient (Wildman–Crippen LogP) is 4.08. The maximum atomic E-state index is 5.27. The summed E-state index contributed by atoms with van der Waals surface area (Å²) in [5.74, 6) is 1.50. The molecule has 2 heteroatoms. The van der Waals surface area contributed by atoms with Crippen molar-refractivity contribution in [3.05, 3.63) is 65.2 Å². The number of hydrogen-bond acceptors (Lipinski definition) is 2. The summed E-state index contributed by atoms with van der Waals surface area (Å²) < 4.78 is 5.27. The Hall–Kier alpha value is -1.80. The minimum absolute atomic E-state index is 0.394. The van der Waals surface area contributed by atoms with Crippen molar-refractivity contribution in [2.75, 3.05) is 13.7 Å². The van der Waals surface area contributed by atoms with Crippen LogP contribution in [0.2, 0.25) is 0 Å². The third-order valence-corrected chi connectivity index (χ3v) is 4.39. The molecule has 0 aromatic heterocycles. The van der Waals surface area contributed by atoms with Crippen LogP contribution >= 0.6 is 0 Å². The van der Waals surface area contributed by atoms with E-state index in [4.69, 9.17) is 4.74 Å². The van der Waals surface area contributed by atoms with Gasteiger partial charge in [-0.25, -0.2) is 0 Å². The second-order valence-electron chi connectivity index (χ2n) is 5.71. The molecule has 2 atom stereocenters. The molecule has 2 aromatic rings. The zero-order chi connectivity index (χ0) is 14.7. The molecule has 3 rings (SSSR count). The van der Waals surface area contributed by atoms with Crippen molar-refractivity contribution in [3.63, 3.8) is 0 Å². The maximum absolute atomic E-state index is 5.27. The number of benzene rings is 2. The van der Waals surface area contributed by atoms with E-state index in [0.717, 1.165) is 18.7 Å². The Bertz CT molecular complexity index is 591. The molecule has 21 heavy (non-hydrogen) atoms. The average Bonchev–Trinajstić information content (AvgIpc) is 2.52. The van der Waals surface area contributed by atoms with Crippen LogP contribution in [0, 0.1) is 0 Å². The highest BCUT2D eigenvalue weighted by atomic mass is 16.5. The van der Waals surface area contributed by atoms with E-state index in [2.05, 4.69) is 60.8 Å². The number of fused-ring (bicyclic) bond motifs is 1. The van der Waals surface area contributed by atoms with Crippen LogP contribution in [0.5, 0.6) is 5.75 Å². The van der Waals surface area contributed by atoms with E-state index in [1.807, 2.05) is 0 Å². The van der Waals surface area contributed by atoms with Crippen LogP contribution in [0.3, 0.4) is 0 Å². The molecule has 1 aliphatic rings. The van der Waals surface area contributed by atoms with Crippen molar-refractivity contribution in [1.82, 2.24) is 5.32 Å². The summed E-state index contributed by atoms with van der Waals surface area (Å²) in [6, 6.07) is 17.7. The topological polar surface area (TPSA) is 21.3 Å². The standard InChI is InChI=1S/C19H23NO/c1-3-12-20-19(14-8-10-16(21-2)11-9-14)18-13-15-6-4-5-7-17(15)18/h4-11,18-20H,3,12-13H2,1-2H3. The normalized spacial score (nSPS) is 17.7. The molecule has 0 heterocycles. The molecule has 0 radical (unpaired) electrons. The Morgan fingerprint density at radius 2 is 1.90 bits per heavy atom. The second-order valence-corrected chi connectivity index (χ2v) is 5.71. The number of hydrogen-bond donors (Lipinski definition) is 1. The van der Waals surface area contributed by atoms with Crippen molar-refractivity contribution in [1.29, 1.82) is 0 Å². The van der Waals surface area contributed by atoms with Crippen LogP contribution in [0.1, 0.15) is 42.0 Å². The molecule has 2 aromatic carbocycles. The van der Waals surface area contributed by atoms with E-state index in [-0.39, 0.29) is 0 Å². The fourth-order valence-electron chi connectivity index (χ4n) is 3.20. The Labute approximate surface area is 127 Å². The van der Waals surface area contributed by atoms with Crippen molar-refractivity contribution in [2.45, 2.75) is 31.7 Å². The summed E-state index contributed by atoms with van der Waals surface area (Å²) in [6.45, 7) is 3.27. The Morgan fingerprint density at radius 1 is 1.14 bits per heavy atom. The van der Waals surface area contributed by atoms with Crippen molar-refractivity contribution >= 4 is 0 Å². The van der Waals surface area contributed by atoms with Gasteiger partial charge in [0.2, 0.25) is 0 Å². The van der Waals surface area contributed by atoms with Gasteiger partial charge in [-0.05, 0) is 48.2 Å². The van der Waals surface area contributed by atoms with Gasteiger partial charge in [0.05, 0.1) is 7.11 Å². The molecule has 0 spiro atoms. The van der Waals surface area contributed by atoms with Gasteiger partial charge in [0.1, 0.15) is 5.75 Å². The van der Waals surface area contributed by atoms with Gasteiger partial charge < -0.3 is 10.1 Å². The highest BCUT2D eigenvalue weighted by Crippen LogP contribution is 2.43. The number of rotatable bonds is 6. The van der Waals surface area contributed by atoms with E-state index in [9.17, 15) is 0 Å². The molecule has 0 saturated heterocycles. The van der Waals surface area contributed by atoms with Gasteiger partial charge in [0, 0.05) is 12.0 Å². The van der Waals surface area contributed by atoms with E-state index in [1.54, 1.807) is 7.11 Å². The van der Waals surface area contributed by atoms with Crippen LogP contribution in [0.25, 0.3) is 0 Å². The molecule has 0 saturated carbocycles. The van der Waals surface area contributed by atoms with Crippen LogP contribution in [-0.2, 0) is 6.42 Å². The summed E-state index contributed by atoms with van der Waals surface area (Å²) in [5, 5.41) is 3.73. The average molecular weight is 281 g/mol. The molecule has 110 valence electrons. The Kier molecular flexibility index (Phi) is 4.26. The lowest BCUT2D eigenvalue weighted by atomic mass is 9.71. The van der Waals surface area contributed by atoms with Gasteiger partial charge in [-0.1, -0.05) is 43.3 Å². The first-order valence-corrected chi connectivity index (χ1v) is 7.78. The first-order valence-electron chi connectivity index (χ1n) is 7.78. The molecule has 0 fully saturated rings. The zero-order valence-corrected chi connectivity index (χ0v) is 12.8. The fraction of sp³-hybridized carbons (Fsp3) is 0.368. The van der Waals surface area contributed by atoms with Crippen molar-refractivity contribution in [2.24, 2.45) is 0 Å². The lowest BCUT2D eigenvalue weighted by molar-refractivity contribution is 0.405. The third kappa shape index (κ3) is 2.81. The van der Waals surface area contributed by atoms with Crippen LogP contribution in [-0.4, -0.2) is 13.7 Å². The Balaban J connectivity index is 1.84. The van der Waals surface area contributed by atoms with E-state index < -0.39 is 0 Å². The first-order chi connectivity index (χ1) is 10.3. The minimum Gasteiger partial charge on any atom is -0.497 e. The third-order valence-electron chi connectivity index (χ3n) is 4.39. The Morgan fingerprint density at radius 3 is 2.57 bits per heavy atom. The monoisotopic (exact) mass is 281 g/mol. The molecular weight excluding hydrogens is 258 g/mol.